The Morgan fingerprint density at radius 1 is 1.39 bits per heavy atom. The van der Waals surface area contributed by atoms with E-state index in [1.54, 1.807) is 0 Å². The van der Waals surface area contributed by atoms with Gasteiger partial charge in [0.2, 0.25) is 0 Å². The molecule has 1 heterocycles. The summed E-state index contributed by atoms with van der Waals surface area (Å²) in [5, 5.41) is 6.70. The van der Waals surface area contributed by atoms with Crippen molar-refractivity contribution in [1.29, 1.82) is 0 Å². The van der Waals surface area contributed by atoms with Gasteiger partial charge in [0.05, 0.1) is 6.54 Å². The molecule has 0 unspecified atom stereocenters. The maximum Gasteiger partial charge on any atom is 0.191 e. The average molecular weight is 379 g/mol. The number of rotatable bonds is 5. The number of thiophene rings is 1. The Kier molecular flexibility index (Phi) is 6.99. The van der Waals surface area contributed by atoms with Crippen LogP contribution < -0.4 is 10.6 Å². The summed E-state index contributed by atoms with van der Waals surface area (Å²) in [6.45, 7) is 4.03. The summed E-state index contributed by atoms with van der Waals surface area (Å²) < 4.78 is 0. The molecule has 0 radical (unpaired) electrons. The molecule has 18 heavy (non-hydrogen) atoms. The minimum Gasteiger partial charge on any atom is -0.356 e. The largest absolute Gasteiger partial charge is 0.356 e. The van der Waals surface area contributed by atoms with Gasteiger partial charge in [0.25, 0.3) is 0 Å². The zero-order valence-corrected chi connectivity index (χ0v) is 14.2. The van der Waals surface area contributed by atoms with Crippen molar-refractivity contribution >= 4 is 41.3 Å². The quantitative estimate of drug-likeness (QED) is 0.469. The van der Waals surface area contributed by atoms with Gasteiger partial charge in [-0.1, -0.05) is 12.8 Å². The first kappa shape index (κ1) is 15.8. The third-order valence-corrected chi connectivity index (χ3v) is 3.99. The van der Waals surface area contributed by atoms with Crippen LogP contribution in [0.4, 0.5) is 0 Å². The van der Waals surface area contributed by atoms with E-state index >= 15 is 0 Å². The minimum atomic E-state index is 0. The second kappa shape index (κ2) is 7.99. The number of hydrogen-bond acceptors (Lipinski definition) is 2. The van der Waals surface area contributed by atoms with Gasteiger partial charge >= 0.3 is 0 Å². The molecule has 1 aliphatic carbocycles. The number of aliphatic imine (C=N–C) groups is 1. The first-order valence-electron chi connectivity index (χ1n) is 6.28. The Morgan fingerprint density at radius 3 is 2.72 bits per heavy atom. The molecule has 1 aliphatic rings. The topological polar surface area (TPSA) is 36.4 Å². The van der Waals surface area contributed by atoms with Gasteiger partial charge in [0, 0.05) is 23.3 Å². The Labute approximate surface area is 130 Å². The van der Waals surface area contributed by atoms with Crippen LogP contribution in [0.1, 0.15) is 29.0 Å². The monoisotopic (exact) mass is 379 g/mol. The minimum absolute atomic E-state index is 0. The first-order valence-corrected chi connectivity index (χ1v) is 7.09. The zero-order chi connectivity index (χ0) is 12.1. The van der Waals surface area contributed by atoms with Crippen molar-refractivity contribution < 1.29 is 0 Å². The highest BCUT2D eigenvalue weighted by Crippen LogP contribution is 2.31. The van der Waals surface area contributed by atoms with E-state index in [2.05, 4.69) is 34.7 Å². The number of hydrogen-bond donors (Lipinski definition) is 2. The fourth-order valence-electron chi connectivity index (χ4n) is 1.77. The molecule has 0 spiro atoms. The molecule has 1 aromatic rings. The molecule has 2 rings (SSSR count). The van der Waals surface area contributed by atoms with Crippen molar-refractivity contribution in [3.05, 3.63) is 21.9 Å². The predicted molar refractivity (Wildman–Crippen MR) is 90.0 cm³/mol. The fourth-order valence-corrected chi connectivity index (χ4v) is 2.60. The Hall–Kier alpha value is -0.300. The summed E-state index contributed by atoms with van der Waals surface area (Å²) in [6, 6.07) is 4.33. The maximum atomic E-state index is 4.23. The third-order valence-electron chi connectivity index (χ3n) is 2.99. The highest BCUT2D eigenvalue weighted by Gasteiger charge is 2.20. The van der Waals surface area contributed by atoms with E-state index in [0.717, 1.165) is 25.0 Å². The molecule has 0 saturated heterocycles. The second-order valence-electron chi connectivity index (χ2n) is 4.60. The SMILES string of the molecule is CN=C(NCCC1CC1)NCc1ccc(C)s1.I. The summed E-state index contributed by atoms with van der Waals surface area (Å²) in [5.74, 6) is 1.89. The Morgan fingerprint density at radius 2 is 2.17 bits per heavy atom. The lowest BCUT2D eigenvalue weighted by Crippen LogP contribution is -2.37. The third kappa shape index (κ3) is 5.56. The number of nitrogens with one attached hydrogen (secondary N) is 2. The van der Waals surface area contributed by atoms with Crippen LogP contribution in [0.15, 0.2) is 17.1 Å². The predicted octanol–water partition coefficient (Wildman–Crippen LogP) is 3.14. The standard InChI is InChI=1S/C13H21N3S.HI/c1-10-3-6-12(17-10)9-16-13(14-2)15-8-7-11-4-5-11;/h3,6,11H,4-5,7-9H2,1-2H3,(H2,14,15,16);1H. The number of aryl methyl sites for hydroxylation is 1. The highest BCUT2D eigenvalue weighted by atomic mass is 127. The van der Waals surface area contributed by atoms with Crippen LogP contribution in [0.3, 0.4) is 0 Å². The summed E-state index contributed by atoms with van der Waals surface area (Å²) in [5.41, 5.74) is 0. The zero-order valence-electron chi connectivity index (χ0n) is 11.0. The summed E-state index contributed by atoms with van der Waals surface area (Å²) in [6.07, 6.45) is 4.11. The molecule has 0 bridgehead atoms. The summed E-state index contributed by atoms with van der Waals surface area (Å²) in [7, 11) is 1.83. The molecule has 2 N–H and O–H groups in total. The van der Waals surface area contributed by atoms with Gasteiger partial charge in [-0.3, -0.25) is 4.99 Å². The van der Waals surface area contributed by atoms with Crippen LogP contribution in [0, 0.1) is 12.8 Å². The molecule has 0 atom stereocenters. The van der Waals surface area contributed by atoms with Crippen molar-refractivity contribution in [3.63, 3.8) is 0 Å². The summed E-state index contributed by atoms with van der Waals surface area (Å²) >= 11 is 1.83. The molecule has 0 aliphatic heterocycles. The van der Waals surface area contributed by atoms with Crippen LogP contribution in [0.5, 0.6) is 0 Å². The van der Waals surface area contributed by atoms with E-state index in [1.165, 1.54) is 29.0 Å². The highest BCUT2D eigenvalue weighted by molar-refractivity contribution is 14.0. The van der Waals surface area contributed by atoms with Crippen molar-refractivity contribution in [3.8, 4) is 0 Å². The van der Waals surface area contributed by atoms with Crippen molar-refractivity contribution in [1.82, 2.24) is 10.6 Å². The van der Waals surface area contributed by atoms with Crippen LogP contribution in [0.25, 0.3) is 0 Å². The fraction of sp³-hybridized carbons (Fsp3) is 0.615. The van der Waals surface area contributed by atoms with Crippen LogP contribution in [0.2, 0.25) is 0 Å². The van der Waals surface area contributed by atoms with Crippen LogP contribution in [-0.2, 0) is 6.54 Å². The van der Waals surface area contributed by atoms with Gasteiger partial charge in [0.1, 0.15) is 0 Å². The molecule has 1 aromatic heterocycles. The lowest BCUT2D eigenvalue weighted by atomic mass is 10.3. The van der Waals surface area contributed by atoms with Crippen molar-refractivity contribution in [2.45, 2.75) is 32.7 Å². The molecule has 3 nitrogen and oxygen atoms in total. The Balaban J connectivity index is 0.00000162. The van der Waals surface area contributed by atoms with Gasteiger partial charge in [-0.2, -0.15) is 0 Å². The number of nitrogens with zero attached hydrogens (tertiary/aromatic N) is 1. The molecule has 0 aromatic carbocycles. The van der Waals surface area contributed by atoms with E-state index in [4.69, 9.17) is 0 Å². The molecule has 0 amide bonds. The van der Waals surface area contributed by atoms with Gasteiger partial charge in [-0.15, -0.1) is 35.3 Å². The normalized spacial score (nSPS) is 15.1. The van der Waals surface area contributed by atoms with Gasteiger partial charge in [-0.05, 0) is 31.4 Å². The summed E-state index contributed by atoms with van der Waals surface area (Å²) in [4.78, 5) is 6.94. The number of halogens is 1. The van der Waals surface area contributed by atoms with E-state index in [-0.39, 0.29) is 24.0 Å². The Bertz CT molecular complexity index is 385. The van der Waals surface area contributed by atoms with Gasteiger partial charge < -0.3 is 10.6 Å². The van der Waals surface area contributed by atoms with E-state index in [9.17, 15) is 0 Å². The molecular weight excluding hydrogens is 357 g/mol. The van der Waals surface area contributed by atoms with Gasteiger partial charge in [-0.25, -0.2) is 0 Å². The van der Waals surface area contributed by atoms with Gasteiger partial charge in [0.15, 0.2) is 5.96 Å². The smallest absolute Gasteiger partial charge is 0.191 e. The first-order chi connectivity index (χ1) is 8.28. The average Bonchev–Trinajstić information content (AvgIpc) is 3.06. The van der Waals surface area contributed by atoms with E-state index in [1.807, 2.05) is 18.4 Å². The maximum absolute atomic E-state index is 4.23. The molecule has 5 heteroatoms. The molecule has 1 fully saturated rings. The number of guanidine groups is 1. The van der Waals surface area contributed by atoms with E-state index in [0.29, 0.717) is 0 Å². The van der Waals surface area contributed by atoms with Crippen LogP contribution >= 0.6 is 35.3 Å². The van der Waals surface area contributed by atoms with Crippen molar-refractivity contribution in [2.75, 3.05) is 13.6 Å². The lowest BCUT2D eigenvalue weighted by molar-refractivity contribution is 0.685. The van der Waals surface area contributed by atoms with E-state index < -0.39 is 0 Å². The second-order valence-corrected chi connectivity index (χ2v) is 5.97. The molecule has 1 saturated carbocycles. The van der Waals surface area contributed by atoms with Crippen molar-refractivity contribution in [2.24, 2.45) is 10.9 Å². The van der Waals surface area contributed by atoms with Crippen LogP contribution in [-0.4, -0.2) is 19.6 Å². The molecule has 102 valence electrons. The molecular formula is C13H22IN3S. The lowest BCUT2D eigenvalue weighted by Gasteiger charge is -2.10.